The molecule has 0 N–H and O–H groups in total. The van der Waals surface area contributed by atoms with Gasteiger partial charge in [-0.2, -0.15) is 4.98 Å². The largest absolute Gasteiger partial charge is 0.326 e. The molecule has 0 fully saturated rings. The predicted octanol–water partition coefficient (Wildman–Crippen LogP) is 4.05. The zero-order valence-corrected chi connectivity index (χ0v) is 11.6. The number of nitrogens with zero attached hydrogens (tertiary/aromatic N) is 3. The second kappa shape index (κ2) is 5.47. The number of aromatic nitrogens is 2. The van der Waals surface area contributed by atoms with E-state index in [2.05, 4.69) is 37.7 Å². The molecule has 3 nitrogen and oxygen atoms in total. The van der Waals surface area contributed by atoms with E-state index >= 15 is 0 Å². The van der Waals surface area contributed by atoms with Crippen LogP contribution in [-0.4, -0.2) is 16.5 Å². The van der Waals surface area contributed by atoms with E-state index in [-0.39, 0.29) is 5.28 Å². The van der Waals surface area contributed by atoms with Crippen LogP contribution in [0.25, 0.3) is 0 Å². The molecule has 0 atom stereocenters. The minimum Gasteiger partial charge on any atom is -0.326 e. The summed E-state index contributed by atoms with van der Waals surface area (Å²) < 4.78 is 0.826. The van der Waals surface area contributed by atoms with Gasteiger partial charge in [0.15, 0.2) is 5.82 Å². The van der Waals surface area contributed by atoms with Gasteiger partial charge in [0.25, 0.3) is 0 Å². The first kappa shape index (κ1) is 12.3. The van der Waals surface area contributed by atoms with Crippen molar-refractivity contribution in [3.8, 4) is 0 Å². The van der Waals surface area contributed by atoms with Crippen LogP contribution in [0.5, 0.6) is 0 Å². The summed E-state index contributed by atoms with van der Waals surface area (Å²) in [6.07, 6.45) is 1.66. The molecule has 1 heterocycles. The number of anilines is 2. The van der Waals surface area contributed by atoms with Gasteiger partial charge in [0.2, 0.25) is 5.28 Å². The summed E-state index contributed by atoms with van der Waals surface area (Å²) >= 11 is 9.28. The average molecular weight is 313 g/mol. The Morgan fingerprint density at radius 1 is 1.29 bits per heavy atom. The molecule has 0 saturated carbocycles. The molecular weight excluding hydrogens is 302 g/mol. The van der Waals surface area contributed by atoms with Gasteiger partial charge in [0.05, 0.1) is 4.47 Å². The molecule has 88 valence electrons. The molecule has 2 rings (SSSR count). The molecule has 0 aliphatic heterocycles. The molecule has 17 heavy (non-hydrogen) atoms. The number of benzene rings is 1. The van der Waals surface area contributed by atoms with Crippen LogP contribution >= 0.6 is 27.5 Å². The van der Waals surface area contributed by atoms with Gasteiger partial charge >= 0.3 is 0 Å². The highest BCUT2D eigenvalue weighted by molar-refractivity contribution is 9.10. The molecule has 0 saturated heterocycles. The molecule has 0 amide bonds. The van der Waals surface area contributed by atoms with Crippen molar-refractivity contribution < 1.29 is 0 Å². The fourth-order valence-corrected chi connectivity index (χ4v) is 2.12. The quantitative estimate of drug-likeness (QED) is 0.801. The highest BCUT2D eigenvalue weighted by Crippen LogP contribution is 2.30. The normalized spacial score (nSPS) is 10.3. The third-order valence-electron chi connectivity index (χ3n) is 2.34. The Balaban J connectivity index is 2.46. The summed E-state index contributed by atoms with van der Waals surface area (Å²) in [7, 11) is 0. The van der Waals surface area contributed by atoms with E-state index in [4.69, 9.17) is 11.6 Å². The van der Waals surface area contributed by atoms with Crippen LogP contribution in [0.4, 0.5) is 11.5 Å². The molecule has 0 aliphatic carbocycles. The van der Waals surface area contributed by atoms with Crippen molar-refractivity contribution in [2.45, 2.75) is 6.92 Å². The van der Waals surface area contributed by atoms with Crippen LogP contribution in [0, 0.1) is 0 Å². The standard InChI is InChI=1S/C12H11BrClN3/c1-2-17(9-6-4-3-5-7-9)11-10(13)8-15-12(14)16-11/h3-8H,2H2,1H3. The van der Waals surface area contributed by atoms with E-state index in [1.54, 1.807) is 6.20 Å². The molecule has 0 spiro atoms. The maximum absolute atomic E-state index is 5.84. The molecule has 2 aromatic rings. The van der Waals surface area contributed by atoms with Crippen molar-refractivity contribution in [3.05, 3.63) is 46.3 Å². The second-order valence-corrected chi connectivity index (χ2v) is 4.58. The van der Waals surface area contributed by atoms with Gasteiger partial charge in [-0.05, 0) is 46.6 Å². The van der Waals surface area contributed by atoms with Crippen LogP contribution in [0.3, 0.4) is 0 Å². The SMILES string of the molecule is CCN(c1ccccc1)c1nc(Cl)ncc1Br. The molecule has 0 radical (unpaired) electrons. The van der Waals surface area contributed by atoms with Crippen molar-refractivity contribution in [1.82, 2.24) is 9.97 Å². The lowest BCUT2D eigenvalue weighted by atomic mass is 10.3. The Labute approximate surface area is 114 Å². The van der Waals surface area contributed by atoms with Gasteiger partial charge in [-0.15, -0.1) is 0 Å². The molecule has 1 aromatic carbocycles. The van der Waals surface area contributed by atoms with E-state index in [0.717, 1.165) is 22.5 Å². The Kier molecular flexibility index (Phi) is 3.97. The zero-order valence-electron chi connectivity index (χ0n) is 9.27. The maximum atomic E-state index is 5.84. The van der Waals surface area contributed by atoms with Gasteiger partial charge in [-0.25, -0.2) is 4.98 Å². The van der Waals surface area contributed by atoms with Crippen molar-refractivity contribution >= 4 is 39.0 Å². The van der Waals surface area contributed by atoms with Crippen LogP contribution in [0.15, 0.2) is 41.0 Å². The highest BCUT2D eigenvalue weighted by atomic mass is 79.9. The molecule has 1 aromatic heterocycles. The second-order valence-electron chi connectivity index (χ2n) is 3.39. The van der Waals surface area contributed by atoms with Crippen LogP contribution in [-0.2, 0) is 0 Å². The maximum Gasteiger partial charge on any atom is 0.224 e. The van der Waals surface area contributed by atoms with Crippen LogP contribution in [0.2, 0.25) is 5.28 Å². The van der Waals surface area contributed by atoms with Crippen molar-refractivity contribution in [2.24, 2.45) is 0 Å². The number of hydrogen-bond donors (Lipinski definition) is 0. The summed E-state index contributed by atoms with van der Waals surface area (Å²) in [5.41, 5.74) is 1.07. The van der Waals surface area contributed by atoms with E-state index in [1.807, 2.05) is 30.3 Å². The fourth-order valence-electron chi connectivity index (χ4n) is 1.59. The molecule has 5 heteroatoms. The summed E-state index contributed by atoms with van der Waals surface area (Å²) in [4.78, 5) is 10.3. The number of rotatable bonds is 3. The van der Waals surface area contributed by atoms with Gasteiger partial charge < -0.3 is 4.90 Å². The monoisotopic (exact) mass is 311 g/mol. The molecular formula is C12H11BrClN3. The number of halogens is 2. The van der Waals surface area contributed by atoms with Crippen molar-refractivity contribution in [2.75, 3.05) is 11.4 Å². The third-order valence-corrected chi connectivity index (χ3v) is 3.08. The Morgan fingerprint density at radius 3 is 2.65 bits per heavy atom. The average Bonchev–Trinajstić information content (AvgIpc) is 2.36. The highest BCUT2D eigenvalue weighted by Gasteiger charge is 2.13. The first-order valence-corrected chi connectivity index (χ1v) is 6.40. The molecule has 0 bridgehead atoms. The minimum atomic E-state index is 0.248. The van der Waals surface area contributed by atoms with E-state index in [1.165, 1.54) is 0 Å². The zero-order chi connectivity index (χ0) is 12.3. The summed E-state index contributed by atoms with van der Waals surface area (Å²) in [5, 5.41) is 0.248. The fraction of sp³-hybridized carbons (Fsp3) is 0.167. The van der Waals surface area contributed by atoms with Crippen LogP contribution in [0.1, 0.15) is 6.92 Å². The van der Waals surface area contributed by atoms with Gasteiger partial charge in [-0.3, -0.25) is 0 Å². The van der Waals surface area contributed by atoms with Gasteiger partial charge in [-0.1, -0.05) is 18.2 Å². The smallest absolute Gasteiger partial charge is 0.224 e. The summed E-state index contributed by atoms with van der Waals surface area (Å²) in [6, 6.07) is 10.0. The van der Waals surface area contributed by atoms with Gasteiger partial charge in [0.1, 0.15) is 0 Å². The first-order chi connectivity index (χ1) is 8.22. The third kappa shape index (κ3) is 2.76. The molecule has 0 aliphatic rings. The lowest BCUT2D eigenvalue weighted by Gasteiger charge is -2.22. The van der Waals surface area contributed by atoms with E-state index < -0.39 is 0 Å². The summed E-state index contributed by atoms with van der Waals surface area (Å²) in [5.74, 6) is 0.777. The van der Waals surface area contributed by atoms with Crippen LogP contribution < -0.4 is 4.90 Å². The van der Waals surface area contributed by atoms with E-state index in [9.17, 15) is 0 Å². The van der Waals surface area contributed by atoms with Crippen molar-refractivity contribution in [3.63, 3.8) is 0 Å². The molecule has 0 unspecified atom stereocenters. The first-order valence-electron chi connectivity index (χ1n) is 5.23. The van der Waals surface area contributed by atoms with E-state index in [0.29, 0.717) is 0 Å². The van der Waals surface area contributed by atoms with Crippen molar-refractivity contribution in [1.29, 1.82) is 0 Å². The lowest BCUT2D eigenvalue weighted by molar-refractivity contribution is 0.969. The Hall–Kier alpha value is -1.13. The lowest BCUT2D eigenvalue weighted by Crippen LogP contribution is -2.18. The number of hydrogen-bond acceptors (Lipinski definition) is 3. The number of para-hydroxylation sites is 1. The topological polar surface area (TPSA) is 29.0 Å². The van der Waals surface area contributed by atoms with Gasteiger partial charge in [0, 0.05) is 18.4 Å². The summed E-state index contributed by atoms with van der Waals surface area (Å²) in [6.45, 7) is 2.87. The Morgan fingerprint density at radius 2 is 2.00 bits per heavy atom. The predicted molar refractivity (Wildman–Crippen MR) is 73.9 cm³/mol. The Bertz CT molecular complexity index is 504. The minimum absolute atomic E-state index is 0.248.